The molecular weight excluding hydrogens is 447 g/mol. The maximum Gasteiger partial charge on any atom is 0.266 e. The van der Waals surface area contributed by atoms with Crippen LogP contribution in [0.5, 0.6) is 11.5 Å². The van der Waals surface area contributed by atoms with E-state index in [2.05, 4.69) is 5.32 Å². The summed E-state index contributed by atoms with van der Waals surface area (Å²) in [5.74, 6) is 0.769. The molecule has 1 amide bonds. The highest BCUT2D eigenvalue weighted by Crippen LogP contribution is 2.23. The average Bonchev–Trinajstić information content (AvgIpc) is 2.78. The van der Waals surface area contributed by atoms with Crippen molar-refractivity contribution in [2.75, 3.05) is 11.9 Å². The molecule has 0 radical (unpaired) electrons. The van der Waals surface area contributed by atoms with E-state index < -0.39 is 5.91 Å². The van der Waals surface area contributed by atoms with E-state index >= 15 is 0 Å². The van der Waals surface area contributed by atoms with Crippen molar-refractivity contribution in [3.8, 4) is 17.6 Å². The quantitative estimate of drug-likeness (QED) is 0.303. The largest absolute Gasteiger partial charge is 0.494 e. The second-order valence-corrected chi connectivity index (χ2v) is 7.52. The molecule has 0 aromatic heterocycles. The number of anilines is 1. The molecule has 3 aromatic carbocycles. The Bertz CT molecular complexity index is 1170. The molecule has 0 aliphatic carbocycles. The van der Waals surface area contributed by atoms with Crippen molar-refractivity contribution in [1.29, 1.82) is 5.26 Å². The average molecular weight is 467 g/mol. The van der Waals surface area contributed by atoms with E-state index in [0.29, 0.717) is 39.4 Å². The summed E-state index contributed by atoms with van der Waals surface area (Å²) in [6.45, 7) is 2.69. The third-order valence-corrected chi connectivity index (χ3v) is 4.96. The molecule has 32 heavy (non-hydrogen) atoms. The molecular formula is C25H20Cl2N2O3. The summed E-state index contributed by atoms with van der Waals surface area (Å²) in [6.07, 6.45) is 1.52. The van der Waals surface area contributed by atoms with Gasteiger partial charge < -0.3 is 14.8 Å². The Morgan fingerprint density at radius 1 is 1.03 bits per heavy atom. The predicted octanol–water partition coefficient (Wildman–Crippen LogP) is 6.52. The van der Waals surface area contributed by atoms with Gasteiger partial charge in [0.1, 0.15) is 29.7 Å². The van der Waals surface area contributed by atoms with Crippen molar-refractivity contribution in [2.24, 2.45) is 0 Å². The molecule has 0 aliphatic heterocycles. The van der Waals surface area contributed by atoms with Gasteiger partial charge in [0.25, 0.3) is 5.91 Å². The van der Waals surface area contributed by atoms with Gasteiger partial charge in [-0.2, -0.15) is 5.26 Å². The molecule has 0 bridgehead atoms. The van der Waals surface area contributed by atoms with Crippen LogP contribution in [0.3, 0.4) is 0 Å². The number of ether oxygens (including phenoxy) is 2. The summed E-state index contributed by atoms with van der Waals surface area (Å²) in [7, 11) is 0. The van der Waals surface area contributed by atoms with E-state index in [9.17, 15) is 10.1 Å². The number of nitrogens with one attached hydrogen (secondary N) is 1. The first kappa shape index (κ1) is 23.2. The Balaban J connectivity index is 1.64. The standard InChI is InChI=1S/C25H20Cl2N2O3/c1-2-31-23-5-3-4-21(14-23)29-25(30)19(15-28)12-17-6-10-22(11-7-17)32-16-18-8-9-20(26)13-24(18)27/h3-14H,2,16H2,1H3,(H,29,30). The number of hydrogen-bond acceptors (Lipinski definition) is 4. The van der Waals surface area contributed by atoms with Crippen LogP contribution in [0.4, 0.5) is 5.69 Å². The van der Waals surface area contributed by atoms with Crippen molar-refractivity contribution < 1.29 is 14.3 Å². The number of halogens is 2. The van der Waals surface area contributed by atoms with Crippen molar-refractivity contribution in [2.45, 2.75) is 13.5 Å². The summed E-state index contributed by atoms with van der Waals surface area (Å²) in [4.78, 5) is 12.5. The van der Waals surface area contributed by atoms with Gasteiger partial charge in [-0.25, -0.2) is 0 Å². The van der Waals surface area contributed by atoms with Gasteiger partial charge in [0.05, 0.1) is 6.61 Å². The minimum atomic E-state index is -0.501. The van der Waals surface area contributed by atoms with Gasteiger partial charge in [0.2, 0.25) is 0 Å². The highest BCUT2D eigenvalue weighted by atomic mass is 35.5. The summed E-state index contributed by atoms with van der Waals surface area (Å²) in [5.41, 5.74) is 2.04. The molecule has 0 heterocycles. The number of benzene rings is 3. The number of carbonyl (C=O) groups is 1. The molecule has 7 heteroatoms. The van der Waals surface area contributed by atoms with Crippen LogP contribution in [0.25, 0.3) is 6.08 Å². The fourth-order valence-corrected chi connectivity index (χ4v) is 3.27. The van der Waals surface area contributed by atoms with Crippen molar-refractivity contribution in [3.63, 3.8) is 0 Å². The second kappa shape index (κ2) is 11.2. The maximum atomic E-state index is 12.5. The molecule has 0 aliphatic rings. The van der Waals surface area contributed by atoms with Crippen molar-refractivity contribution in [1.82, 2.24) is 0 Å². The van der Waals surface area contributed by atoms with Gasteiger partial charge >= 0.3 is 0 Å². The van der Waals surface area contributed by atoms with Crippen LogP contribution in [0.1, 0.15) is 18.1 Å². The monoisotopic (exact) mass is 466 g/mol. The second-order valence-electron chi connectivity index (χ2n) is 6.68. The van der Waals surface area contributed by atoms with E-state index in [1.54, 1.807) is 60.7 Å². The Morgan fingerprint density at radius 2 is 1.81 bits per heavy atom. The van der Waals surface area contributed by atoms with Gasteiger partial charge in [0.15, 0.2) is 0 Å². The van der Waals surface area contributed by atoms with Gasteiger partial charge in [0, 0.05) is 27.4 Å². The Hall–Kier alpha value is -3.46. The minimum absolute atomic E-state index is 0.0200. The molecule has 0 saturated heterocycles. The first-order valence-corrected chi connectivity index (χ1v) is 10.6. The molecule has 0 atom stereocenters. The predicted molar refractivity (Wildman–Crippen MR) is 127 cm³/mol. The zero-order valence-electron chi connectivity index (χ0n) is 17.3. The zero-order valence-corrected chi connectivity index (χ0v) is 18.8. The van der Waals surface area contributed by atoms with Gasteiger partial charge in [-0.05, 0) is 55.0 Å². The van der Waals surface area contributed by atoms with Gasteiger partial charge in [-0.1, -0.05) is 47.5 Å². The summed E-state index contributed by atoms with van der Waals surface area (Å²) in [5, 5.41) is 13.2. The van der Waals surface area contributed by atoms with Crippen LogP contribution in [0.15, 0.2) is 72.3 Å². The Morgan fingerprint density at radius 3 is 2.50 bits per heavy atom. The van der Waals surface area contributed by atoms with Crippen LogP contribution in [0, 0.1) is 11.3 Å². The van der Waals surface area contributed by atoms with E-state index in [-0.39, 0.29) is 12.2 Å². The summed E-state index contributed by atoms with van der Waals surface area (Å²) >= 11 is 12.1. The molecule has 3 aromatic rings. The van der Waals surface area contributed by atoms with Crippen LogP contribution in [-0.2, 0) is 11.4 Å². The molecule has 3 rings (SSSR count). The number of amides is 1. The van der Waals surface area contributed by atoms with Crippen molar-refractivity contribution >= 4 is 40.9 Å². The SMILES string of the molecule is CCOc1cccc(NC(=O)C(C#N)=Cc2ccc(OCc3ccc(Cl)cc3Cl)cc2)c1. The van der Waals surface area contributed by atoms with Crippen LogP contribution in [-0.4, -0.2) is 12.5 Å². The maximum absolute atomic E-state index is 12.5. The smallest absolute Gasteiger partial charge is 0.266 e. The number of hydrogen-bond donors (Lipinski definition) is 1. The summed E-state index contributed by atoms with van der Waals surface area (Å²) in [6, 6.07) is 21.2. The van der Waals surface area contributed by atoms with E-state index in [1.165, 1.54) is 6.08 Å². The lowest BCUT2D eigenvalue weighted by molar-refractivity contribution is -0.112. The Labute approximate surface area is 196 Å². The van der Waals surface area contributed by atoms with Crippen LogP contribution >= 0.6 is 23.2 Å². The number of nitrogens with zero attached hydrogens (tertiary/aromatic N) is 1. The third kappa shape index (κ3) is 6.52. The van der Waals surface area contributed by atoms with E-state index in [1.807, 2.05) is 19.1 Å². The van der Waals surface area contributed by atoms with Crippen LogP contribution < -0.4 is 14.8 Å². The zero-order chi connectivity index (χ0) is 22.9. The normalized spacial score (nSPS) is 10.9. The molecule has 0 spiro atoms. The Kier molecular flexibility index (Phi) is 8.15. The van der Waals surface area contributed by atoms with Gasteiger partial charge in [-0.3, -0.25) is 4.79 Å². The fraction of sp³-hybridized carbons (Fsp3) is 0.120. The number of carbonyl (C=O) groups excluding carboxylic acids is 1. The molecule has 5 nitrogen and oxygen atoms in total. The lowest BCUT2D eigenvalue weighted by Crippen LogP contribution is -2.13. The first-order valence-electron chi connectivity index (χ1n) is 9.81. The molecule has 0 fully saturated rings. The number of nitriles is 1. The van der Waals surface area contributed by atoms with E-state index in [0.717, 1.165) is 5.56 Å². The lowest BCUT2D eigenvalue weighted by Gasteiger charge is -2.09. The van der Waals surface area contributed by atoms with Gasteiger partial charge in [-0.15, -0.1) is 0 Å². The van der Waals surface area contributed by atoms with Crippen molar-refractivity contribution in [3.05, 3.63) is 93.5 Å². The summed E-state index contributed by atoms with van der Waals surface area (Å²) < 4.78 is 11.2. The topological polar surface area (TPSA) is 71.3 Å². The molecule has 0 saturated carbocycles. The van der Waals surface area contributed by atoms with Crippen LogP contribution in [0.2, 0.25) is 10.0 Å². The fourth-order valence-electron chi connectivity index (χ4n) is 2.80. The first-order chi connectivity index (χ1) is 15.5. The third-order valence-electron chi connectivity index (χ3n) is 4.37. The highest BCUT2D eigenvalue weighted by Gasteiger charge is 2.10. The number of rotatable bonds is 8. The molecule has 1 N–H and O–H groups in total. The van der Waals surface area contributed by atoms with E-state index in [4.69, 9.17) is 32.7 Å². The molecule has 0 unspecified atom stereocenters. The molecule has 162 valence electrons. The highest BCUT2D eigenvalue weighted by molar-refractivity contribution is 6.35. The lowest BCUT2D eigenvalue weighted by atomic mass is 10.1. The minimum Gasteiger partial charge on any atom is -0.494 e.